The van der Waals surface area contributed by atoms with Gasteiger partial charge < -0.3 is 9.47 Å². The number of nitrogens with zero attached hydrogens (tertiary/aromatic N) is 1. The monoisotopic (exact) mass is 452 g/mol. The highest BCUT2D eigenvalue weighted by atomic mass is 16.6. The summed E-state index contributed by atoms with van der Waals surface area (Å²) in [6, 6.07) is 9.07. The normalized spacial score (nSPS) is 13.9. The lowest BCUT2D eigenvalue weighted by Crippen LogP contribution is -2.56. The zero-order valence-corrected chi connectivity index (χ0v) is 20.9. The maximum Gasteiger partial charge on any atom is 0.272 e. The standard InChI is InChI=1S/C27H36N2O4/c1-8-9-23(27(5,6)7)29(26(31)20-15-17(2)14-18(3)16-20)28-25(30)21-10-11-22-24(19(21)4)33-13-12-32-22/h10-11,14-16,23H,8-9,12-13H2,1-7H3,(H,28,30). The molecule has 0 bridgehead atoms. The number of nitrogens with one attached hydrogen (secondary N) is 1. The van der Waals surface area contributed by atoms with Gasteiger partial charge in [-0.2, -0.15) is 0 Å². The summed E-state index contributed by atoms with van der Waals surface area (Å²) in [4.78, 5) is 27.2. The highest BCUT2D eigenvalue weighted by Gasteiger charge is 2.35. The number of ether oxygens (including phenoxy) is 2. The van der Waals surface area contributed by atoms with Crippen LogP contribution in [0.1, 0.15) is 77.9 Å². The summed E-state index contributed by atoms with van der Waals surface area (Å²) >= 11 is 0. The molecule has 2 aromatic carbocycles. The first-order valence-corrected chi connectivity index (χ1v) is 11.6. The maximum atomic E-state index is 13.8. The van der Waals surface area contributed by atoms with Gasteiger partial charge in [0.2, 0.25) is 0 Å². The van der Waals surface area contributed by atoms with E-state index in [2.05, 4.69) is 33.1 Å². The molecule has 0 fully saturated rings. The van der Waals surface area contributed by atoms with Crippen LogP contribution in [-0.4, -0.2) is 36.1 Å². The van der Waals surface area contributed by atoms with Crippen molar-refractivity contribution < 1.29 is 19.1 Å². The van der Waals surface area contributed by atoms with Crippen molar-refractivity contribution in [2.45, 2.75) is 67.3 Å². The fourth-order valence-corrected chi connectivity index (χ4v) is 4.40. The molecule has 6 heteroatoms. The number of amides is 2. The van der Waals surface area contributed by atoms with Crippen LogP contribution in [0.15, 0.2) is 30.3 Å². The number of fused-ring (bicyclic) bond motifs is 1. The summed E-state index contributed by atoms with van der Waals surface area (Å²) in [5.41, 5.74) is 6.47. The minimum absolute atomic E-state index is 0.183. The Balaban J connectivity index is 2.00. The summed E-state index contributed by atoms with van der Waals surface area (Å²) in [6.07, 6.45) is 1.65. The fraction of sp³-hybridized carbons (Fsp3) is 0.481. The summed E-state index contributed by atoms with van der Waals surface area (Å²) in [5, 5.41) is 1.54. The fourth-order valence-electron chi connectivity index (χ4n) is 4.40. The van der Waals surface area contributed by atoms with Crippen LogP contribution in [0.3, 0.4) is 0 Å². The molecule has 6 nitrogen and oxygen atoms in total. The van der Waals surface area contributed by atoms with Gasteiger partial charge in [-0.1, -0.05) is 51.3 Å². The van der Waals surface area contributed by atoms with Crippen molar-refractivity contribution in [3.05, 3.63) is 58.1 Å². The molecule has 3 rings (SSSR count). The van der Waals surface area contributed by atoms with Crippen molar-refractivity contribution in [2.75, 3.05) is 13.2 Å². The Morgan fingerprint density at radius 2 is 1.67 bits per heavy atom. The SMILES string of the molecule is CCCC(N(NC(=O)c1ccc2c(c1C)OCCO2)C(=O)c1cc(C)cc(C)c1)C(C)(C)C. The van der Waals surface area contributed by atoms with Gasteiger partial charge in [0.1, 0.15) is 13.2 Å². The maximum absolute atomic E-state index is 13.8. The molecule has 2 aromatic rings. The van der Waals surface area contributed by atoms with E-state index in [1.807, 2.05) is 39.0 Å². The molecule has 178 valence electrons. The number of aryl methyl sites for hydroxylation is 2. The van der Waals surface area contributed by atoms with E-state index in [1.54, 1.807) is 12.1 Å². The first-order chi connectivity index (χ1) is 15.5. The van der Waals surface area contributed by atoms with Gasteiger partial charge in [0.15, 0.2) is 11.5 Å². The van der Waals surface area contributed by atoms with Crippen molar-refractivity contribution in [1.29, 1.82) is 0 Å². The van der Waals surface area contributed by atoms with Crippen molar-refractivity contribution in [3.63, 3.8) is 0 Å². The molecule has 1 N–H and O–H groups in total. The molecule has 1 unspecified atom stereocenters. The minimum atomic E-state index is -0.340. The molecule has 0 radical (unpaired) electrons. The molecule has 1 heterocycles. The van der Waals surface area contributed by atoms with Crippen LogP contribution in [0.5, 0.6) is 11.5 Å². The second-order valence-corrected chi connectivity index (χ2v) is 9.93. The minimum Gasteiger partial charge on any atom is -0.486 e. The molecule has 1 aliphatic heterocycles. The number of carbonyl (C=O) groups excluding carboxylic acids is 2. The second-order valence-electron chi connectivity index (χ2n) is 9.93. The first-order valence-electron chi connectivity index (χ1n) is 11.6. The third-order valence-electron chi connectivity index (χ3n) is 5.98. The molecule has 33 heavy (non-hydrogen) atoms. The zero-order chi connectivity index (χ0) is 24.3. The molecular formula is C27H36N2O4. The van der Waals surface area contributed by atoms with Gasteiger partial charge in [-0.3, -0.25) is 15.0 Å². The summed E-state index contributed by atoms with van der Waals surface area (Å²) in [5.74, 6) is 0.672. The molecule has 2 amide bonds. The molecule has 0 aliphatic carbocycles. The third kappa shape index (κ3) is 5.49. The first kappa shape index (κ1) is 24.6. The van der Waals surface area contributed by atoms with E-state index >= 15 is 0 Å². The predicted molar refractivity (Wildman–Crippen MR) is 130 cm³/mol. The van der Waals surface area contributed by atoms with Crippen LogP contribution in [0.25, 0.3) is 0 Å². The van der Waals surface area contributed by atoms with Crippen molar-refractivity contribution in [1.82, 2.24) is 10.4 Å². The van der Waals surface area contributed by atoms with E-state index in [1.165, 1.54) is 5.01 Å². The Labute approximate surface area is 197 Å². The summed E-state index contributed by atoms with van der Waals surface area (Å²) < 4.78 is 11.4. The third-order valence-corrected chi connectivity index (χ3v) is 5.98. The van der Waals surface area contributed by atoms with Gasteiger partial charge in [0.25, 0.3) is 11.8 Å². The Morgan fingerprint density at radius 3 is 2.27 bits per heavy atom. The molecule has 0 aromatic heterocycles. The topological polar surface area (TPSA) is 67.9 Å². The van der Waals surface area contributed by atoms with Crippen molar-refractivity contribution >= 4 is 11.8 Å². The lowest BCUT2D eigenvalue weighted by atomic mass is 9.83. The van der Waals surface area contributed by atoms with E-state index in [9.17, 15) is 9.59 Å². The van der Waals surface area contributed by atoms with Crippen LogP contribution in [-0.2, 0) is 0 Å². The molecule has 0 saturated carbocycles. The Kier molecular flexibility index (Phi) is 7.35. The number of rotatable bonds is 5. The molecule has 0 saturated heterocycles. The zero-order valence-electron chi connectivity index (χ0n) is 20.9. The number of carbonyl (C=O) groups is 2. The van der Waals surface area contributed by atoms with E-state index in [-0.39, 0.29) is 23.3 Å². The molecule has 1 atom stereocenters. The van der Waals surface area contributed by atoms with E-state index in [0.717, 1.165) is 24.0 Å². The van der Waals surface area contributed by atoms with E-state index in [0.29, 0.717) is 41.4 Å². The number of hydrazine groups is 1. The molecular weight excluding hydrogens is 416 g/mol. The summed E-state index contributed by atoms with van der Waals surface area (Å²) in [7, 11) is 0. The van der Waals surface area contributed by atoms with Crippen molar-refractivity contribution in [2.24, 2.45) is 5.41 Å². The number of benzene rings is 2. The molecule has 0 spiro atoms. The Morgan fingerprint density at radius 1 is 1.03 bits per heavy atom. The molecule has 1 aliphatic rings. The van der Waals surface area contributed by atoms with Crippen molar-refractivity contribution in [3.8, 4) is 11.5 Å². The highest BCUT2D eigenvalue weighted by molar-refractivity contribution is 6.00. The predicted octanol–water partition coefficient (Wildman–Crippen LogP) is 5.39. The second kappa shape index (κ2) is 9.86. The average molecular weight is 453 g/mol. The van der Waals surface area contributed by atoms with Crippen LogP contribution in [0.2, 0.25) is 0 Å². The smallest absolute Gasteiger partial charge is 0.272 e. The van der Waals surface area contributed by atoms with Gasteiger partial charge in [-0.15, -0.1) is 0 Å². The van der Waals surface area contributed by atoms with Crippen LogP contribution < -0.4 is 14.9 Å². The lowest BCUT2D eigenvalue weighted by Gasteiger charge is -2.40. The van der Waals surface area contributed by atoms with E-state index in [4.69, 9.17) is 9.47 Å². The largest absolute Gasteiger partial charge is 0.486 e. The highest BCUT2D eigenvalue weighted by Crippen LogP contribution is 2.35. The summed E-state index contributed by atoms with van der Waals surface area (Å²) in [6.45, 7) is 15.1. The Bertz CT molecular complexity index is 1020. The van der Waals surface area contributed by atoms with Crippen LogP contribution in [0, 0.1) is 26.2 Å². The van der Waals surface area contributed by atoms with Crippen LogP contribution in [0.4, 0.5) is 0 Å². The number of hydrogen-bond acceptors (Lipinski definition) is 4. The van der Waals surface area contributed by atoms with Gasteiger partial charge in [0.05, 0.1) is 6.04 Å². The van der Waals surface area contributed by atoms with Gasteiger partial charge >= 0.3 is 0 Å². The van der Waals surface area contributed by atoms with Gasteiger partial charge in [0, 0.05) is 16.7 Å². The average Bonchev–Trinajstić information content (AvgIpc) is 2.74. The quantitative estimate of drug-likeness (QED) is 0.618. The van der Waals surface area contributed by atoms with E-state index < -0.39 is 0 Å². The Hall–Kier alpha value is -3.02. The lowest BCUT2D eigenvalue weighted by molar-refractivity contribution is 0.0270. The van der Waals surface area contributed by atoms with Gasteiger partial charge in [-0.25, -0.2) is 5.01 Å². The van der Waals surface area contributed by atoms with Gasteiger partial charge in [-0.05, 0) is 56.9 Å². The van der Waals surface area contributed by atoms with Crippen LogP contribution >= 0.6 is 0 Å². The number of hydrogen-bond donors (Lipinski definition) is 1.